The maximum absolute atomic E-state index is 13.1. The number of ether oxygens (including phenoxy) is 2. The molecule has 11 heteroatoms. The first-order chi connectivity index (χ1) is 16.9. The molecule has 1 amide bonds. The van der Waals surface area contributed by atoms with Gasteiger partial charge in [0.2, 0.25) is 5.91 Å². The van der Waals surface area contributed by atoms with Crippen LogP contribution < -0.4 is 10.1 Å². The van der Waals surface area contributed by atoms with Crippen LogP contribution in [0.25, 0.3) is 0 Å². The number of anilines is 1. The Morgan fingerprint density at radius 2 is 1.97 bits per heavy atom. The predicted octanol–water partition coefficient (Wildman–Crippen LogP) is 4.94. The second kappa shape index (κ2) is 11.2. The Hall–Kier alpha value is -2.92. The van der Waals surface area contributed by atoms with E-state index in [-0.39, 0.29) is 30.1 Å². The van der Waals surface area contributed by atoms with Crippen molar-refractivity contribution in [2.75, 3.05) is 17.7 Å². The summed E-state index contributed by atoms with van der Waals surface area (Å²) in [6.07, 6.45) is 3.42. The first-order valence-corrected chi connectivity index (χ1v) is 13.2. The Labute approximate surface area is 211 Å². The topological polar surface area (TPSA) is 95.3 Å². The fourth-order valence-corrected chi connectivity index (χ4v) is 5.95. The van der Waals surface area contributed by atoms with E-state index in [1.165, 1.54) is 35.2 Å². The van der Waals surface area contributed by atoms with Crippen LogP contribution in [0.3, 0.4) is 0 Å². The number of fused-ring (bicyclic) bond motifs is 1. The molecule has 0 saturated heterocycles. The molecule has 1 aliphatic carbocycles. The molecule has 1 N–H and O–H groups in total. The van der Waals surface area contributed by atoms with Crippen LogP contribution in [0.15, 0.2) is 29.4 Å². The lowest BCUT2D eigenvalue weighted by Gasteiger charge is -2.14. The number of esters is 1. The van der Waals surface area contributed by atoms with Crippen LogP contribution in [0, 0.1) is 5.82 Å². The SMILES string of the molecule is CCOC(=O)c1c(NC(=O)CSc2nnc(C(C)Oc3ccc(F)cc3)n2C)sc2c1CCCC2. The van der Waals surface area contributed by atoms with Gasteiger partial charge in [-0.3, -0.25) is 4.79 Å². The molecule has 0 spiro atoms. The maximum atomic E-state index is 13.1. The minimum absolute atomic E-state index is 0.101. The summed E-state index contributed by atoms with van der Waals surface area (Å²) in [5, 5.41) is 12.4. The molecule has 3 aromatic rings. The van der Waals surface area contributed by atoms with Crippen LogP contribution in [0.4, 0.5) is 9.39 Å². The normalized spacial score (nSPS) is 13.7. The number of thiophene rings is 1. The van der Waals surface area contributed by atoms with Gasteiger partial charge in [0, 0.05) is 11.9 Å². The first kappa shape index (κ1) is 25.2. The van der Waals surface area contributed by atoms with Crippen LogP contribution in [0.1, 0.15) is 59.4 Å². The van der Waals surface area contributed by atoms with Gasteiger partial charge in [0.15, 0.2) is 17.1 Å². The lowest BCUT2D eigenvalue weighted by atomic mass is 9.95. The van der Waals surface area contributed by atoms with Gasteiger partial charge in [0.25, 0.3) is 0 Å². The molecule has 0 fully saturated rings. The Bertz CT molecular complexity index is 1210. The average molecular weight is 519 g/mol. The van der Waals surface area contributed by atoms with E-state index >= 15 is 0 Å². The molecule has 2 aromatic heterocycles. The minimum atomic E-state index is -0.425. The molecule has 1 unspecified atom stereocenters. The second-order valence-corrected chi connectivity index (χ2v) is 10.1. The number of rotatable bonds is 9. The van der Waals surface area contributed by atoms with Gasteiger partial charge in [-0.2, -0.15) is 0 Å². The number of thioether (sulfide) groups is 1. The summed E-state index contributed by atoms with van der Waals surface area (Å²) in [7, 11) is 1.80. The molecular formula is C24H27FN4O4S2. The summed E-state index contributed by atoms with van der Waals surface area (Å²) in [5.41, 5.74) is 1.51. The van der Waals surface area contributed by atoms with E-state index < -0.39 is 6.10 Å². The molecule has 4 rings (SSSR count). The van der Waals surface area contributed by atoms with Crippen molar-refractivity contribution in [3.8, 4) is 5.75 Å². The molecule has 35 heavy (non-hydrogen) atoms. The van der Waals surface area contributed by atoms with Crippen LogP contribution in [-0.4, -0.2) is 39.0 Å². The van der Waals surface area contributed by atoms with E-state index in [0.717, 1.165) is 36.1 Å². The molecule has 0 aliphatic heterocycles. The standard InChI is InChI=1S/C24H27FN4O4S2/c1-4-32-23(31)20-17-7-5-6-8-18(17)35-22(20)26-19(30)13-34-24-28-27-21(29(24)3)14(2)33-16-11-9-15(25)10-12-16/h9-12,14H,4-8,13H2,1-3H3,(H,26,30). The summed E-state index contributed by atoms with van der Waals surface area (Å²) in [6.45, 7) is 3.88. The number of hydrogen-bond donors (Lipinski definition) is 1. The van der Waals surface area contributed by atoms with Gasteiger partial charge in [-0.25, -0.2) is 9.18 Å². The van der Waals surface area contributed by atoms with Crippen molar-refractivity contribution < 1.29 is 23.5 Å². The monoisotopic (exact) mass is 518 g/mol. The molecule has 186 valence electrons. The van der Waals surface area contributed by atoms with E-state index in [9.17, 15) is 14.0 Å². The molecule has 1 atom stereocenters. The summed E-state index contributed by atoms with van der Waals surface area (Å²) in [6, 6.07) is 5.76. The number of hydrogen-bond acceptors (Lipinski definition) is 8. The molecule has 1 aliphatic rings. The third-order valence-corrected chi connectivity index (χ3v) is 7.82. The number of amides is 1. The van der Waals surface area contributed by atoms with E-state index in [1.54, 1.807) is 30.7 Å². The number of aromatic nitrogens is 3. The van der Waals surface area contributed by atoms with E-state index in [4.69, 9.17) is 9.47 Å². The van der Waals surface area contributed by atoms with Crippen molar-refractivity contribution in [1.29, 1.82) is 0 Å². The third kappa shape index (κ3) is 5.84. The Morgan fingerprint density at radius 3 is 2.71 bits per heavy atom. The van der Waals surface area contributed by atoms with Gasteiger partial charge in [0.1, 0.15) is 16.6 Å². The lowest BCUT2D eigenvalue weighted by molar-refractivity contribution is -0.113. The number of aryl methyl sites for hydroxylation is 1. The Balaban J connectivity index is 1.40. The summed E-state index contributed by atoms with van der Waals surface area (Å²) in [4.78, 5) is 26.5. The zero-order valence-electron chi connectivity index (χ0n) is 19.8. The number of benzene rings is 1. The lowest BCUT2D eigenvalue weighted by Crippen LogP contribution is -2.17. The van der Waals surface area contributed by atoms with Gasteiger partial charge < -0.3 is 19.4 Å². The molecule has 1 aromatic carbocycles. The highest BCUT2D eigenvalue weighted by Gasteiger charge is 2.27. The van der Waals surface area contributed by atoms with Crippen molar-refractivity contribution >= 4 is 40.0 Å². The van der Waals surface area contributed by atoms with Gasteiger partial charge >= 0.3 is 5.97 Å². The molecule has 0 saturated carbocycles. The number of carbonyl (C=O) groups is 2. The molecule has 0 bridgehead atoms. The van der Waals surface area contributed by atoms with Crippen molar-refractivity contribution in [3.05, 3.63) is 51.9 Å². The van der Waals surface area contributed by atoms with E-state index in [0.29, 0.717) is 27.3 Å². The van der Waals surface area contributed by atoms with Crippen LogP contribution in [0.5, 0.6) is 5.75 Å². The van der Waals surface area contributed by atoms with E-state index in [2.05, 4.69) is 15.5 Å². The predicted molar refractivity (Wildman–Crippen MR) is 133 cm³/mol. The van der Waals surface area contributed by atoms with Crippen LogP contribution in [-0.2, 0) is 29.4 Å². The largest absolute Gasteiger partial charge is 0.483 e. The van der Waals surface area contributed by atoms with Crippen molar-refractivity contribution in [2.24, 2.45) is 7.05 Å². The molecule has 0 radical (unpaired) electrons. The molecule has 2 heterocycles. The highest BCUT2D eigenvalue weighted by molar-refractivity contribution is 7.99. The van der Waals surface area contributed by atoms with Crippen molar-refractivity contribution in [1.82, 2.24) is 14.8 Å². The summed E-state index contributed by atoms with van der Waals surface area (Å²) in [5.74, 6) is 0.239. The van der Waals surface area contributed by atoms with Crippen LogP contribution >= 0.6 is 23.1 Å². The Morgan fingerprint density at radius 1 is 1.23 bits per heavy atom. The fourth-order valence-electron chi connectivity index (χ4n) is 3.94. The first-order valence-electron chi connectivity index (χ1n) is 11.4. The average Bonchev–Trinajstić information content (AvgIpc) is 3.39. The third-order valence-electron chi connectivity index (χ3n) is 5.59. The smallest absolute Gasteiger partial charge is 0.341 e. The quantitative estimate of drug-likeness (QED) is 0.317. The summed E-state index contributed by atoms with van der Waals surface area (Å²) >= 11 is 2.70. The number of carbonyl (C=O) groups excluding carboxylic acids is 2. The van der Waals surface area contributed by atoms with Crippen LogP contribution in [0.2, 0.25) is 0 Å². The number of nitrogens with one attached hydrogen (secondary N) is 1. The molecular weight excluding hydrogens is 491 g/mol. The summed E-state index contributed by atoms with van der Waals surface area (Å²) < 4.78 is 26.0. The van der Waals surface area contributed by atoms with Crippen molar-refractivity contribution in [3.63, 3.8) is 0 Å². The van der Waals surface area contributed by atoms with Crippen molar-refractivity contribution in [2.45, 2.75) is 50.8 Å². The Kier molecular flexibility index (Phi) is 8.07. The zero-order chi connectivity index (χ0) is 24.9. The maximum Gasteiger partial charge on any atom is 0.341 e. The van der Waals surface area contributed by atoms with Gasteiger partial charge in [-0.15, -0.1) is 21.5 Å². The minimum Gasteiger partial charge on any atom is -0.483 e. The zero-order valence-corrected chi connectivity index (χ0v) is 21.4. The fraction of sp³-hybridized carbons (Fsp3) is 0.417. The van der Waals surface area contributed by atoms with Gasteiger partial charge in [-0.05, 0) is 69.4 Å². The highest BCUT2D eigenvalue weighted by atomic mass is 32.2. The van der Waals surface area contributed by atoms with Gasteiger partial charge in [0.05, 0.1) is 17.9 Å². The second-order valence-electron chi connectivity index (χ2n) is 8.09. The van der Waals surface area contributed by atoms with Gasteiger partial charge in [-0.1, -0.05) is 11.8 Å². The molecule has 8 nitrogen and oxygen atoms in total. The van der Waals surface area contributed by atoms with E-state index in [1.807, 2.05) is 6.92 Å². The number of nitrogens with zero attached hydrogens (tertiary/aromatic N) is 3. The highest BCUT2D eigenvalue weighted by Crippen LogP contribution is 2.38. The number of halogens is 1.